The minimum atomic E-state index is -0.163. The third-order valence-electron chi connectivity index (χ3n) is 4.50. The molecular weight excluding hydrogens is 236 g/mol. The molecule has 1 aromatic carbocycles. The van der Waals surface area contributed by atoms with Crippen LogP contribution in [0.4, 0.5) is 0 Å². The summed E-state index contributed by atoms with van der Waals surface area (Å²) in [4.78, 5) is 0. The van der Waals surface area contributed by atoms with Gasteiger partial charge in [-0.1, -0.05) is 25.3 Å². The zero-order chi connectivity index (χ0) is 13.5. The molecular formula is C16H22N2O. The number of benzene rings is 1. The van der Waals surface area contributed by atoms with Crippen molar-refractivity contribution in [3.05, 3.63) is 30.0 Å². The lowest BCUT2D eigenvalue weighted by Crippen LogP contribution is -2.38. The highest BCUT2D eigenvalue weighted by atomic mass is 16.5. The van der Waals surface area contributed by atoms with E-state index >= 15 is 0 Å². The van der Waals surface area contributed by atoms with Crippen molar-refractivity contribution in [2.24, 2.45) is 12.8 Å². The summed E-state index contributed by atoms with van der Waals surface area (Å²) in [5, 5.41) is 1.24. The topological polar surface area (TPSA) is 40.2 Å². The fourth-order valence-corrected chi connectivity index (χ4v) is 3.43. The van der Waals surface area contributed by atoms with Gasteiger partial charge in [-0.05, 0) is 30.5 Å². The lowest BCUT2D eigenvalue weighted by atomic mass is 9.76. The maximum Gasteiger partial charge on any atom is 0.143 e. The van der Waals surface area contributed by atoms with Gasteiger partial charge >= 0.3 is 0 Å². The third kappa shape index (κ3) is 1.93. The summed E-state index contributed by atoms with van der Waals surface area (Å²) in [5.74, 6) is 0.922. The summed E-state index contributed by atoms with van der Waals surface area (Å²) in [7, 11) is 3.78. The minimum absolute atomic E-state index is 0.163. The molecule has 0 saturated heterocycles. The molecule has 3 heteroatoms. The summed E-state index contributed by atoms with van der Waals surface area (Å²) < 4.78 is 7.60. The monoisotopic (exact) mass is 258 g/mol. The molecule has 0 spiro atoms. The molecule has 0 unspecified atom stereocenters. The number of ether oxygens (including phenoxy) is 1. The number of methoxy groups -OCH3 is 1. The Morgan fingerprint density at radius 3 is 2.58 bits per heavy atom. The van der Waals surface area contributed by atoms with Crippen LogP contribution in [0.15, 0.2) is 24.4 Å². The zero-order valence-electron chi connectivity index (χ0n) is 11.8. The molecule has 3 nitrogen and oxygen atoms in total. The SMILES string of the molecule is COc1ccc(C2(N)CCCCC2)c2ccn(C)c12. The molecule has 2 aromatic rings. The summed E-state index contributed by atoms with van der Waals surface area (Å²) >= 11 is 0. The zero-order valence-corrected chi connectivity index (χ0v) is 11.8. The molecule has 0 atom stereocenters. The Hall–Kier alpha value is -1.48. The summed E-state index contributed by atoms with van der Waals surface area (Å²) in [6.07, 6.45) is 8.04. The van der Waals surface area contributed by atoms with E-state index in [-0.39, 0.29) is 5.54 Å². The van der Waals surface area contributed by atoms with Crippen molar-refractivity contribution in [1.82, 2.24) is 4.57 Å². The van der Waals surface area contributed by atoms with Crippen LogP contribution in [-0.4, -0.2) is 11.7 Å². The first-order valence-electron chi connectivity index (χ1n) is 7.07. The van der Waals surface area contributed by atoms with Crippen LogP contribution in [-0.2, 0) is 12.6 Å². The Morgan fingerprint density at radius 1 is 1.16 bits per heavy atom. The summed E-state index contributed by atoms with van der Waals surface area (Å²) in [6.45, 7) is 0. The van der Waals surface area contributed by atoms with Crippen LogP contribution in [0.1, 0.15) is 37.7 Å². The first-order chi connectivity index (χ1) is 9.15. The predicted octanol–water partition coefficient (Wildman–Crippen LogP) is 3.31. The molecule has 1 aliphatic rings. The molecule has 1 heterocycles. The molecule has 102 valence electrons. The van der Waals surface area contributed by atoms with E-state index in [1.807, 2.05) is 0 Å². The number of hydrogen-bond acceptors (Lipinski definition) is 2. The number of hydrogen-bond donors (Lipinski definition) is 1. The molecule has 1 saturated carbocycles. The highest BCUT2D eigenvalue weighted by Crippen LogP contribution is 2.40. The van der Waals surface area contributed by atoms with E-state index in [1.165, 1.54) is 30.2 Å². The van der Waals surface area contributed by atoms with Crippen molar-refractivity contribution in [1.29, 1.82) is 0 Å². The Bertz CT molecular complexity index is 594. The van der Waals surface area contributed by atoms with Crippen LogP contribution < -0.4 is 10.5 Å². The first kappa shape index (κ1) is 12.5. The highest BCUT2D eigenvalue weighted by molar-refractivity contribution is 5.89. The van der Waals surface area contributed by atoms with Crippen molar-refractivity contribution >= 4 is 10.9 Å². The van der Waals surface area contributed by atoms with Crippen LogP contribution in [0.25, 0.3) is 10.9 Å². The number of nitrogens with zero attached hydrogens (tertiary/aromatic N) is 1. The second-order valence-electron chi connectivity index (χ2n) is 5.72. The second kappa shape index (κ2) is 4.57. The van der Waals surface area contributed by atoms with E-state index in [1.54, 1.807) is 7.11 Å². The normalized spacial score (nSPS) is 18.7. The maximum absolute atomic E-state index is 6.70. The Balaban J connectivity index is 2.19. The van der Waals surface area contributed by atoms with Crippen molar-refractivity contribution < 1.29 is 4.74 Å². The van der Waals surface area contributed by atoms with Crippen molar-refractivity contribution in [3.8, 4) is 5.75 Å². The summed E-state index contributed by atoms with van der Waals surface area (Å²) in [6, 6.07) is 6.38. The number of fused-ring (bicyclic) bond motifs is 1. The van der Waals surface area contributed by atoms with E-state index in [0.717, 1.165) is 24.1 Å². The third-order valence-corrected chi connectivity index (χ3v) is 4.50. The molecule has 1 aliphatic carbocycles. The molecule has 0 amide bonds. The number of rotatable bonds is 2. The van der Waals surface area contributed by atoms with Crippen LogP contribution in [0.3, 0.4) is 0 Å². The first-order valence-corrected chi connectivity index (χ1v) is 7.07. The molecule has 0 aliphatic heterocycles. The smallest absolute Gasteiger partial charge is 0.143 e. The van der Waals surface area contributed by atoms with Gasteiger partial charge in [0.25, 0.3) is 0 Å². The highest BCUT2D eigenvalue weighted by Gasteiger charge is 2.31. The van der Waals surface area contributed by atoms with Crippen LogP contribution in [0, 0.1) is 0 Å². The molecule has 1 aromatic heterocycles. The molecule has 2 N–H and O–H groups in total. The molecule has 0 bridgehead atoms. The lowest BCUT2D eigenvalue weighted by Gasteiger charge is -2.34. The Morgan fingerprint density at radius 2 is 1.89 bits per heavy atom. The van der Waals surface area contributed by atoms with Crippen molar-refractivity contribution in [2.75, 3.05) is 7.11 Å². The van der Waals surface area contributed by atoms with Gasteiger partial charge < -0.3 is 15.0 Å². The van der Waals surface area contributed by atoms with E-state index in [4.69, 9.17) is 10.5 Å². The van der Waals surface area contributed by atoms with Gasteiger partial charge in [0, 0.05) is 24.2 Å². The van der Waals surface area contributed by atoms with E-state index in [2.05, 4.69) is 36.0 Å². The Labute approximate surface area is 114 Å². The van der Waals surface area contributed by atoms with Gasteiger partial charge in [-0.3, -0.25) is 0 Å². The van der Waals surface area contributed by atoms with Gasteiger partial charge in [-0.2, -0.15) is 0 Å². The van der Waals surface area contributed by atoms with Crippen LogP contribution in [0.5, 0.6) is 5.75 Å². The Kier molecular flexibility index (Phi) is 3.02. The fraction of sp³-hybridized carbons (Fsp3) is 0.500. The number of aryl methyl sites for hydroxylation is 1. The molecule has 0 radical (unpaired) electrons. The lowest BCUT2D eigenvalue weighted by molar-refractivity contribution is 0.304. The quantitative estimate of drug-likeness (QED) is 0.897. The standard InChI is InChI=1S/C16H22N2O/c1-18-11-8-12-13(6-7-14(19-2)15(12)18)16(17)9-4-3-5-10-16/h6-8,11H,3-5,9-10,17H2,1-2H3. The fourth-order valence-electron chi connectivity index (χ4n) is 3.43. The molecule has 3 rings (SSSR count). The van der Waals surface area contributed by atoms with Gasteiger partial charge in [0.05, 0.1) is 12.6 Å². The van der Waals surface area contributed by atoms with Gasteiger partial charge in [0.1, 0.15) is 5.75 Å². The molecule has 19 heavy (non-hydrogen) atoms. The maximum atomic E-state index is 6.70. The van der Waals surface area contributed by atoms with E-state index in [0.29, 0.717) is 0 Å². The summed E-state index contributed by atoms with van der Waals surface area (Å²) in [5.41, 5.74) is 8.96. The van der Waals surface area contributed by atoms with Crippen molar-refractivity contribution in [3.63, 3.8) is 0 Å². The van der Waals surface area contributed by atoms with Crippen LogP contribution in [0.2, 0.25) is 0 Å². The van der Waals surface area contributed by atoms with E-state index < -0.39 is 0 Å². The predicted molar refractivity (Wildman–Crippen MR) is 78.4 cm³/mol. The van der Waals surface area contributed by atoms with Gasteiger partial charge in [0.2, 0.25) is 0 Å². The van der Waals surface area contributed by atoms with Crippen LogP contribution >= 0.6 is 0 Å². The second-order valence-corrected chi connectivity index (χ2v) is 5.72. The average Bonchev–Trinajstić information content (AvgIpc) is 2.81. The van der Waals surface area contributed by atoms with E-state index in [9.17, 15) is 0 Å². The van der Waals surface area contributed by atoms with Crippen molar-refractivity contribution in [2.45, 2.75) is 37.6 Å². The average molecular weight is 258 g/mol. The largest absolute Gasteiger partial charge is 0.495 e. The minimum Gasteiger partial charge on any atom is -0.495 e. The number of aromatic nitrogens is 1. The van der Waals surface area contributed by atoms with Gasteiger partial charge in [-0.25, -0.2) is 0 Å². The number of nitrogens with two attached hydrogens (primary N) is 1. The molecule has 1 fully saturated rings. The van der Waals surface area contributed by atoms with Gasteiger partial charge in [-0.15, -0.1) is 0 Å². The van der Waals surface area contributed by atoms with Gasteiger partial charge in [0.15, 0.2) is 0 Å².